The van der Waals surface area contributed by atoms with Crippen molar-refractivity contribution in [2.75, 3.05) is 13.2 Å². The molecular weight excluding hydrogens is 282 g/mol. The highest BCUT2D eigenvalue weighted by molar-refractivity contribution is 5.76. The number of esters is 1. The Kier molecular flexibility index (Phi) is 6.55. The van der Waals surface area contributed by atoms with Gasteiger partial charge in [0.15, 0.2) is 0 Å². The quantitative estimate of drug-likeness (QED) is 0.592. The number of ether oxygens (including phenoxy) is 2. The summed E-state index contributed by atoms with van der Waals surface area (Å²) in [4.78, 5) is 11.3. The van der Waals surface area contributed by atoms with Crippen molar-refractivity contribution < 1.29 is 28.2 Å². The highest BCUT2D eigenvalue weighted by atomic mass is 19.3. The summed E-state index contributed by atoms with van der Waals surface area (Å²) in [6, 6.07) is 5.20. The van der Waals surface area contributed by atoms with Crippen LogP contribution in [0.15, 0.2) is 24.3 Å². The number of carbonyl (C=O) groups excluding carboxylic acids is 1. The zero-order chi connectivity index (χ0) is 15.9. The number of hydrogen-bond donors (Lipinski definition) is 1. The molecule has 0 spiro atoms. The largest absolute Gasteiger partial charge is 0.494 e. The van der Waals surface area contributed by atoms with E-state index in [9.17, 15) is 18.7 Å². The molecule has 6 heteroatoms. The predicted molar refractivity (Wildman–Crippen MR) is 73.4 cm³/mol. The number of aliphatic hydroxyl groups is 1. The van der Waals surface area contributed by atoms with E-state index in [2.05, 4.69) is 4.74 Å². The number of halogens is 2. The van der Waals surface area contributed by atoms with Crippen molar-refractivity contribution in [3.8, 4) is 5.75 Å². The van der Waals surface area contributed by atoms with E-state index in [-0.39, 0.29) is 12.4 Å². The molecule has 0 heterocycles. The van der Waals surface area contributed by atoms with Gasteiger partial charge in [0.05, 0.1) is 13.2 Å². The molecule has 4 nitrogen and oxygen atoms in total. The minimum Gasteiger partial charge on any atom is -0.494 e. The van der Waals surface area contributed by atoms with Crippen molar-refractivity contribution in [2.24, 2.45) is 0 Å². The van der Waals surface area contributed by atoms with Crippen molar-refractivity contribution in [2.45, 2.75) is 38.7 Å². The molecule has 21 heavy (non-hydrogen) atoms. The fraction of sp³-hybridized carbons (Fsp3) is 0.533. The van der Waals surface area contributed by atoms with Gasteiger partial charge in [-0.15, -0.1) is 0 Å². The third-order valence-corrected chi connectivity index (χ3v) is 2.84. The highest BCUT2D eigenvalue weighted by Crippen LogP contribution is 2.34. The third-order valence-electron chi connectivity index (χ3n) is 2.84. The van der Waals surface area contributed by atoms with Gasteiger partial charge in [-0.2, -0.15) is 8.78 Å². The third kappa shape index (κ3) is 4.67. The second kappa shape index (κ2) is 7.93. The molecule has 0 fully saturated rings. The maximum atomic E-state index is 14.1. The van der Waals surface area contributed by atoms with Gasteiger partial charge in [0.1, 0.15) is 5.75 Å². The van der Waals surface area contributed by atoms with Crippen molar-refractivity contribution in [3.63, 3.8) is 0 Å². The molecule has 1 aromatic rings. The maximum absolute atomic E-state index is 14.1. The summed E-state index contributed by atoms with van der Waals surface area (Å²) in [6.07, 6.45) is -0.799. The zero-order valence-electron chi connectivity index (χ0n) is 12.1. The molecule has 0 saturated heterocycles. The molecule has 1 atom stereocenters. The number of unbranched alkanes of at least 4 members (excludes halogenated alkanes) is 1. The molecule has 118 valence electrons. The van der Waals surface area contributed by atoms with Crippen molar-refractivity contribution in [1.29, 1.82) is 0 Å². The summed E-state index contributed by atoms with van der Waals surface area (Å²) in [5, 5.41) is 9.47. The predicted octanol–water partition coefficient (Wildman–Crippen LogP) is 2.88. The van der Waals surface area contributed by atoms with Gasteiger partial charge in [0.2, 0.25) is 6.10 Å². The average molecular weight is 302 g/mol. The van der Waals surface area contributed by atoms with Crippen LogP contribution in [0, 0.1) is 0 Å². The molecule has 1 aromatic carbocycles. The Morgan fingerprint density at radius 2 is 2.10 bits per heavy atom. The molecule has 0 aliphatic heterocycles. The fourth-order valence-electron chi connectivity index (χ4n) is 1.65. The number of alkyl halides is 2. The molecule has 0 saturated carbocycles. The van der Waals surface area contributed by atoms with E-state index in [1.165, 1.54) is 13.0 Å². The molecule has 0 radical (unpaired) electrons. The van der Waals surface area contributed by atoms with Gasteiger partial charge in [0.25, 0.3) is 0 Å². The molecule has 0 aliphatic rings. The minimum absolute atomic E-state index is 0.0772. The van der Waals surface area contributed by atoms with Crippen LogP contribution in [0.2, 0.25) is 0 Å². The number of benzene rings is 1. The van der Waals surface area contributed by atoms with Gasteiger partial charge in [-0.3, -0.25) is 0 Å². The summed E-state index contributed by atoms with van der Waals surface area (Å²) in [6.45, 7) is 3.81. The van der Waals surface area contributed by atoms with Crippen LogP contribution in [0.1, 0.15) is 32.3 Å². The first-order valence-corrected chi connectivity index (χ1v) is 6.89. The van der Waals surface area contributed by atoms with E-state index in [1.54, 1.807) is 6.07 Å². The highest BCUT2D eigenvalue weighted by Gasteiger charge is 2.46. The second-order valence-corrected chi connectivity index (χ2v) is 4.51. The number of carbonyl (C=O) groups is 1. The van der Waals surface area contributed by atoms with E-state index >= 15 is 0 Å². The molecule has 0 amide bonds. The SMILES string of the molecule is CCCCOc1cccc(C(F)(F)C(O)C(=O)OCC)c1. The van der Waals surface area contributed by atoms with Crippen LogP contribution in [-0.2, 0) is 15.5 Å². The van der Waals surface area contributed by atoms with Crippen LogP contribution in [-0.4, -0.2) is 30.4 Å². The van der Waals surface area contributed by atoms with Crippen LogP contribution in [0.5, 0.6) is 5.75 Å². The van der Waals surface area contributed by atoms with Gasteiger partial charge in [-0.25, -0.2) is 4.79 Å². The monoisotopic (exact) mass is 302 g/mol. The van der Waals surface area contributed by atoms with Crippen LogP contribution in [0.25, 0.3) is 0 Å². The maximum Gasteiger partial charge on any atom is 0.341 e. The van der Waals surface area contributed by atoms with E-state index in [1.807, 2.05) is 6.92 Å². The summed E-state index contributed by atoms with van der Waals surface area (Å²) < 4.78 is 37.9. The zero-order valence-corrected chi connectivity index (χ0v) is 12.1. The fourth-order valence-corrected chi connectivity index (χ4v) is 1.65. The van der Waals surface area contributed by atoms with E-state index in [0.717, 1.165) is 25.0 Å². The standard InChI is InChI=1S/C15H20F2O4/c1-3-5-9-21-12-8-6-7-11(10-12)15(16,17)13(18)14(19)20-4-2/h6-8,10,13,18H,3-5,9H2,1-2H3. The molecule has 1 unspecified atom stereocenters. The molecule has 0 aliphatic carbocycles. The molecule has 0 aromatic heterocycles. The Hall–Kier alpha value is -1.69. The number of aliphatic hydroxyl groups excluding tert-OH is 1. The van der Waals surface area contributed by atoms with Crippen molar-refractivity contribution >= 4 is 5.97 Å². The van der Waals surface area contributed by atoms with Crippen molar-refractivity contribution in [3.05, 3.63) is 29.8 Å². The molecular formula is C15H20F2O4. The minimum atomic E-state index is -3.74. The molecule has 1 N–H and O–H groups in total. The van der Waals surface area contributed by atoms with Gasteiger partial charge in [-0.1, -0.05) is 25.5 Å². The topological polar surface area (TPSA) is 55.8 Å². The first-order valence-electron chi connectivity index (χ1n) is 6.89. The normalized spacial score (nSPS) is 12.8. The van der Waals surface area contributed by atoms with Gasteiger partial charge < -0.3 is 14.6 Å². The molecule has 0 bridgehead atoms. The first-order chi connectivity index (χ1) is 9.93. The van der Waals surface area contributed by atoms with Crippen LogP contribution >= 0.6 is 0 Å². The molecule has 1 rings (SSSR count). The Morgan fingerprint density at radius 1 is 1.38 bits per heavy atom. The summed E-state index contributed by atoms with van der Waals surface area (Å²) in [5.74, 6) is -4.81. The van der Waals surface area contributed by atoms with Crippen LogP contribution in [0.3, 0.4) is 0 Å². The Labute approximate surface area is 122 Å². The van der Waals surface area contributed by atoms with E-state index in [0.29, 0.717) is 6.61 Å². The smallest absolute Gasteiger partial charge is 0.341 e. The van der Waals surface area contributed by atoms with Crippen LogP contribution in [0.4, 0.5) is 8.78 Å². The van der Waals surface area contributed by atoms with Gasteiger partial charge in [-0.05, 0) is 25.5 Å². The Bertz CT molecular complexity index is 463. The number of hydrogen-bond acceptors (Lipinski definition) is 4. The van der Waals surface area contributed by atoms with E-state index < -0.39 is 23.6 Å². The lowest BCUT2D eigenvalue weighted by molar-refractivity contribution is -0.178. The van der Waals surface area contributed by atoms with Crippen molar-refractivity contribution in [1.82, 2.24) is 0 Å². The van der Waals surface area contributed by atoms with Crippen LogP contribution < -0.4 is 4.74 Å². The second-order valence-electron chi connectivity index (χ2n) is 4.51. The summed E-state index contributed by atoms with van der Waals surface area (Å²) in [7, 11) is 0. The van der Waals surface area contributed by atoms with Gasteiger partial charge in [0, 0.05) is 5.56 Å². The van der Waals surface area contributed by atoms with Gasteiger partial charge >= 0.3 is 11.9 Å². The van der Waals surface area contributed by atoms with E-state index in [4.69, 9.17) is 4.74 Å². The first kappa shape index (κ1) is 17.4. The summed E-state index contributed by atoms with van der Waals surface area (Å²) in [5.41, 5.74) is -0.489. The lowest BCUT2D eigenvalue weighted by atomic mass is 10.0. The summed E-state index contributed by atoms with van der Waals surface area (Å²) >= 11 is 0. The number of rotatable bonds is 8. The Balaban J connectivity index is 2.86. The lowest BCUT2D eigenvalue weighted by Gasteiger charge is -2.21. The Morgan fingerprint density at radius 3 is 2.71 bits per heavy atom. The average Bonchev–Trinajstić information content (AvgIpc) is 2.47. The lowest BCUT2D eigenvalue weighted by Crippen LogP contribution is -2.39.